The SMILES string of the molecule is Nc1cccc(F)c1S(=O)(=O)NCC1CCCCC1CO. The summed E-state index contributed by atoms with van der Waals surface area (Å²) >= 11 is 0. The molecule has 1 fully saturated rings. The second-order valence-corrected chi connectivity index (χ2v) is 7.20. The number of anilines is 1. The Kier molecular flexibility index (Phi) is 5.18. The van der Waals surface area contributed by atoms with Gasteiger partial charge in [0, 0.05) is 13.2 Å². The number of hydrogen-bond donors (Lipinski definition) is 3. The zero-order valence-electron chi connectivity index (χ0n) is 11.8. The van der Waals surface area contributed by atoms with Crippen LogP contribution in [0.2, 0.25) is 0 Å². The number of nitrogen functional groups attached to an aromatic ring is 1. The molecule has 0 radical (unpaired) electrons. The molecule has 0 amide bonds. The topological polar surface area (TPSA) is 92.4 Å². The van der Waals surface area contributed by atoms with Crippen molar-refractivity contribution in [1.29, 1.82) is 0 Å². The average molecular weight is 316 g/mol. The van der Waals surface area contributed by atoms with Crippen molar-refractivity contribution in [1.82, 2.24) is 4.72 Å². The lowest BCUT2D eigenvalue weighted by Gasteiger charge is -2.30. The molecule has 2 rings (SSSR count). The van der Waals surface area contributed by atoms with E-state index >= 15 is 0 Å². The predicted molar refractivity (Wildman–Crippen MR) is 78.5 cm³/mol. The smallest absolute Gasteiger partial charge is 0.245 e. The van der Waals surface area contributed by atoms with Crippen LogP contribution in [0, 0.1) is 17.7 Å². The quantitative estimate of drug-likeness (QED) is 0.718. The van der Waals surface area contributed by atoms with Crippen molar-refractivity contribution in [3.63, 3.8) is 0 Å². The van der Waals surface area contributed by atoms with Gasteiger partial charge in [-0.15, -0.1) is 0 Å². The Morgan fingerprint density at radius 3 is 2.57 bits per heavy atom. The Balaban J connectivity index is 2.11. The third kappa shape index (κ3) is 3.72. The zero-order chi connectivity index (χ0) is 15.5. The van der Waals surface area contributed by atoms with Crippen LogP contribution in [0.3, 0.4) is 0 Å². The summed E-state index contributed by atoms with van der Waals surface area (Å²) < 4.78 is 40.6. The van der Waals surface area contributed by atoms with Gasteiger partial charge in [-0.25, -0.2) is 17.5 Å². The number of rotatable bonds is 5. The van der Waals surface area contributed by atoms with E-state index in [9.17, 15) is 17.9 Å². The minimum absolute atomic E-state index is 0.0498. The number of benzene rings is 1. The fraction of sp³-hybridized carbons (Fsp3) is 0.571. The molecule has 0 aromatic heterocycles. The number of sulfonamides is 1. The van der Waals surface area contributed by atoms with E-state index in [1.54, 1.807) is 0 Å². The van der Waals surface area contributed by atoms with Gasteiger partial charge in [-0.05, 0) is 36.8 Å². The lowest BCUT2D eigenvalue weighted by atomic mass is 9.80. The average Bonchev–Trinajstić information content (AvgIpc) is 2.45. The summed E-state index contributed by atoms with van der Waals surface area (Å²) in [5.74, 6) is -0.684. The Morgan fingerprint density at radius 1 is 1.29 bits per heavy atom. The molecule has 2 unspecified atom stereocenters. The van der Waals surface area contributed by atoms with Gasteiger partial charge in [-0.2, -0.15) is 0 Å². The highest BCUT2D eigenvalue weighted by atomic mass is 32.2. The molecule has 5 nitrogen and oxygen atoms in total. The number of nitrogens with two attached hydrogens (primary N) is 1. The molecule has 0 saturated heterocycles. The predicted octanol–water partition coefficient (Wildman–Crippen LogP) is 1.48. The van der Waals surface area contributed by atoms with Crippen LogP contribution in [0.4, 0.5) is 10.1 Å². The molecule has 21 heavy (non-hydrogen) atoms. The Hall–Kier alpha value is -1.18. The number of aliphatic hydroxyl groups is 1. The lowest BCUT2D eigenvalue weighted by Crippen LogP contribution is -2.36. The van der Waals surface area contributed by atoms with E-state index in [0.717, 1.165) is 31.7 Å². The maximum atomic E-state index is 13.7. The molecule has 0 spiro atoms. The summed E-state index contributed by atoms with van der Waals surface area (Å²) in [5, 5.41) is 9.34. The summed E-state index contributed by atoms with van der Waals surface area (Å²) in [6.07, 6.45) is 3.82. The fourth-order valence-corrected chi connectivity index (χ4v) is 4.17. The molecule has 1 aromatic carbocycles. The van der Waals surface area contributed by atoms with Gasteiger partial charge in [0.05, 0.1) is 5.69 Å². The zero-order valence-corrected chi connectivity index (χ0v) is 12.6. The van der Waals surface area contributed by atoms with Gasteiger partial charge >= 0.3 is 0 Å². The standard InChI is InChI=1S/C14H21FN2O3S/c15-12-6-3-7-13(16)14(12)21(19,20)17-8-10-4-1-2-5-11(10)9-18/h3,6-7,10-11,17-18H,1-2,4-5,8-9,16H2. The molecule has 7 heteroatoms. The third-order valence-corrected chi connectivity index (χ3v) is 5.62. The maximum absolute atomic E-state index is 13.7. The molecule has 118 valence electrons. The van der Waals surface area contributed by atoms with E-state index < -0.39 is 20.7 Å². The summed E-state index contributed by atoms with van der Waals surface area (Å²) in [4.78, 5) is -0.499. The van der Waals surface area contributed by atoms with Crippen LogP contribution < -0.4 is 10.5 Å². The number of aliphatic hydroxyl groups excluding tert-OH is 1. The first-order chi connectivity index (χ1) is 9.95. The highest BCUT2D eigenvalue weighted by Crippen LogP contribution is 2.30. The molecule has 1 aromatic rings. The van der Waals surface area contributed by atoms with Gasteiger partial charge in [0.1, 0.15) is 10.7 Å². The highest BCUT2D eigenvalue weighted by Gasteiger charge is 2.28. The monoisotopic (exact) mass is 316 g/mol. The van der Waals surface area contributed by atoms with E-state index in [-0.39, 0.29) is 30.7 Å². The van der Waals surface area contributed by atoms with Crippen molar-refractivity contribution in [2.24, 2.45) is 11.8 Å². The van der Waals surface area contributed by atoms with Crippen molar-refractivity contribution in [2.45, 2.75) is 30.6 Å². The summed E-state index contributed by atoms with van der Waals surface area (Å²) in [5.41, 5.74) is 5.46. The summed E-state index contributed by atoms with van der Waals surface area (Å²) in [6.45, 7) is 0.246. The summed E-state index contributed by atoms with van der Waals surface area (Å²) in [7, 11) is -3.98. The van der Waals surface area contributed by atoms with Gasteiger partial charge < -0.3 is 10.8 Å². The van der Waals surface area contributed by atoms with Crippen molar-refractivity contribution < 1.29 is 17.9 Å². The third-order valence-electron chi connectivity index (χ3n) is 4.10. The van der Waals surface area contributed by atoms with Gasteiger partial charge in [-0.1, -0.05) is 18.9 Å². The van der Waals surface area contributed by atoms with Gasteiger partial charge in [-0.3, -0.25) is 0 Å². The largest absolute Gasteiger partial charge is 0.398 e. The molecule has 0 heterocycles. The van der Waals surface area contributed by atoms with E-state index in [0.29, 0.717) is 0 Å². The summed E-state index contributed by atoms with van der Waals surface area (Å²) in [6, 6.07) is 3.80. The first-order valence-electron chi connectivity index (χ1n) is 7.10. The molecule has 1 aliphatic carbocycles. The minimum atomic E-state index is -3.98. The van der Waals surface area contributed by atoms with Crippen LogP contribution in [-0.2, 0) is 10.0 Å². The number of hydrogen-bond acceptors (Lipinski definition) is 4. The first kappa shape index (κ1) is 16.2. The van der Waals surface area contributed by atoms with Crippen LogP contribution in [0.15, 0.2) is 23.1 Å². The molecule has 2 atom stereocenters. The van der Waals surface area contributed by atoms with Crippen molar-refractivity contribution in [3.05, 3.63) is 24.0 Å². The van der Waals surface area contributed by atoms with Crippen molar-refractivity contribution >= 4 is 15.7 Å². The Morgan fingerprint density at radius 2 is 1.95 bits per heavy atom. The van der Waals surface area contributed by atoms with Crippen LogP contribution >= 0.6 is 0 Å². The molecule has 1 saturated carbocycles. The molecular weight excluding hydrogens is 295 g/mol. The Bertz CT molecular complexity index is 572. The van der Waals surface area contributed by atoms with E-state index in [1.807, 2.05) is 0 Å². The minimum Gasteiger partial charge on any atom is -0.398 e. The molecule has 0 bridgehead atoms. The van der Waals surface area contributed by atoms with E-state index in [1.165, 1.54) is 12.1 Å². The van der Waals surface area contributed by atoms with Crippen molar-refractivity contribution in [3.8, 4) is 0 Å². The van der Waals surface area contributed by atoms with E-state index in [2.05, 4.69) is 4.72 Å². The van der Waals surface area contributed by atoms with E-state index in [4.69, 9.17) is 5.73 Å². The number of nitrogens with one attached hydrogen (secondary N) is 1. The molecule has 4 N–H and O–H groups in total. The lowest BCUT2D eigenvalue weighted by molar-refractivity contribution is 0.136. The van der Waals surface area contributed by atoms with Gasteiger partial charge in [0.25, 0.3) is 0 Å². The van der Waals surface area contributed by atoms with Gasteiger partial charge in [0.2, 0.25) is 10.0 Å². The second kappa shape index (κ2) is 6.72. The normalized spacial score (nSPS) is 23.1. The second-order valence-electron chi connectivity index (χ2n) is 5.50. The Labute approximate surface area is 124 Å². The first-order valence-corrected chi connectivity index (χ1v) is 8.58. The molecular formula is C14H21FN2O3S. The van der Waals surface area contributed by atoms with Crippen LogP contribution in [0.5, 0.6) is 0 Å². The highest BCUT2D eigenvalue weighted by molar-refractivity contribution is 7.89. The molecule has 1 aliphatic rings. The van der Waals surface area contributed by atoms with Crippen molar-refractivity contribution in [2.75, 3.05) is 18.9 Å². The fourth-order valence-electron chi connectivity index (χ4n) is 2.89. The van der Waals surface area contributed by atoms with Crippen LogP contribution in [0.1, 0.15) is 25.7 Å². The van der Waals surface area contributed by atoms with Crippen LogP contribution in [0.25, 0.3) is 0 Å². The molecule has 0 aliphatic heterocycles. The van der Waals surface area contributed by atoms with Crippen LogP contribution in [-0.4, -0.2) is 26.7 Å². The maximum Gasteiger partial charge on any atom is 0.245 e. The number of halogens is 1. The van der Waals surface area contributed by atoms with Gasteiger partial charge in [0.15, 0.2) is 0 Å².